The third kappa shape index (κ3) is 3.96. The SMILES string of the molecule is COC(=O)C1=C(C)N=c2s/c(=C\c3cc(OC)c(OC)c(OC)c3)c(=O)n2[C@@H]1c1cccs1. The van der Waals surface area contributed by atoms with Gasteiger partial charge in [-0.25, -0.2) is 9.79 Å². The number of hydrogen-bond donors (Lipinski definition) is 0. The zero-order valence-electron chi connectivity index (χ0n) is 18.7. The topological polar surface area (TPSA) is 88.4 Å². The first kappa shape index (κ1) is 22.8. The number of benzene rings is 1. The fourth-order valence-corrected chi connectivity index (χ4v) is 5.61. The number of carbonyl (C=O) groups is 1. The molecular weight excluding hydrogens is 464 g/mol. The van der Waals surface area contributed by atoms with E-state index in [4.69, 9.17) is 18.9 Å². The van der Waals surface area contributed by atoms with E-state index in [1.165, 1.54) is 51.1 Å². The van der Waals surface area contributed by atoms with Gasteiger partial charge in [-0.2, -0.15) is 0 Å². The molecule has 1 aliphatic rings. The second-order valence-corrected chi connectivity index (χ2v) is 9.04. The highest BCUT2D eigenvalue weighted by Crippen LogP contribution is 2.38. The van der Waals surface area contributed by atoms with Crippen LogP contribution in [0.1, 0.15) is 23.4 Å². The number of carbonyl (C=O) groups excluding carboxylic acids is 1. The van der Waals surface area contributed by atoms with Crippen molar-refractivity contribution in [2.75, 3.05) is 28.4 Å². The van der Waals surface area contributed by atoms with Crippen molar-refractivity contribution in [3.8, 4) is 17.2 Å². The van der Waals surface area contributed by atoms with Gasteiger partial charge in [0, 0.05) is 4.88 Å². The number of aromatic nitrogens is 1. The van der Waals surface area contributed by atoms with Crippen molar-refractivity contribution in [1.82, 2.24) is 4.57 Å². The first-order chi connectivity index (χ1) is 15.9. The summed E-state index contributed by atoms with van der Waals surface area (Å²) in [6.07, 6.45) is 1.75. The molecule has 0 saturated carbocycles. The minimum Gasteiger partial charge on any atom is -0.493 e. The third-order valence-electron chi connectivity index (χ3n) is 5.22. The summed E-state index contributed by atoms with van der Waals surface area (Å²) in [6.45, 7) is 1.75. The van der Waals surface area contributed by atoms with Crippen molar-refractivity contribution < 1.29 is 23.7 Å². The Balaban J connectivity index is 1.94. The molecule has 0 radical (unpaired) electrons. The van der Waals surface area contributed by atoms with Gasteiger partial charge in [-0.3, -0.25) is 9.36 Å². The number of nitrogens with zero attached hydrogens (tertiary/aromatic N) is 2. The van der Waals surface area contributed by atoms with E-state index in [-0.39, 0.29) is 5.56 Å². The maximum atomic E-state index is 13.5. The molecule has 1 atom stereocenters. The molecule has 2 aromatic heterocycles. The lowest BCUT2D eigenvalue weighted by atomic mass is 10.0. The van der Waals surface area contributed by atoms with E-state index in [0.29, 0.717) is 43.4 Å². The van der Waals surface area contributed by atoms with Crippen LogP contribution < -0.4 is 29.1 Å². The van der Waals surface area contributed by atoms with E-state index < -0.39 is 12.0 Å². The summed E-state index contributed by atoms with van der Waals surface area (Å²) in [6, 6.07) is 6.71. The van der Waals surface area contributed by atoms with Crippen molar-refractivity contribution in [1.29, 1.82) is 0 Å². The molecule has 0 spiro atoms. The first-order valence-corrected chi connectivity index (χ1v) is 11.6. The summed E-state index contributed by atoms with van der Waals surface area (Å²) in [5.74, 6) is 0.926. The van der Waals surface area contributed by atoms with Gasteiger partial charge in [0.2, 0.25) is 5.75 Å². The van der Waals surface area contributed by atoms with Crippen LogP contribution in [0.25, 0.3) is 6.08 Å². The van der Waals surface area contributed by atoms with Crippen LogP contribution in [0.2, 0.25) is 0 Å². The number of thiophene rings is 1. The molecule has 4 rings (SSSR count). The molecule has 0 saturated heterocycles. The second kappa shape index (κ2) is 9.24. The molecular formula is C23H22N2O6S2. The highest BCUT2D eigenvalue weighted by atomic mass is 32.1. The molecule has 0 fully saturated rings. The Morgan fingerprint density at radius 2 is 1.82 bits per heavy atom. The van der Waals surface area contributed by atoms with Gasteiger partial charge in [-0.15, -0.1) is 11.3 Å². The molecule has 3 aromatic rings. The molecule has 0 N–H and O–H groups in total. The largest absolute Gasteiger partial charge is 0.493 e. The van der Waals surface area contributed by atoms with Crippen LogP contribution in [0, 0.1) is 0 Å². The van der Waals surface area contributed by atoms with Crippen molar-refractivity contribution in [3.63, 3.8) is 0 Å². The number of ether oxygens (including phenoxy) is 4. The van der Waals surface area contributed by atoms with E-state index >= 15 is 0 Å². The number of methoxy groups -OCH3 is 4. The molecule has 0 amide bonds. The van der Waals surface area contributed by atoms with E-state index in [9.17, 15) is 9.59 Å². The van der Waals surface area contributed by atoms with Crippen LogP contribution in [0.15, 0.2) is 50.7 Å². The van der Waals surface area contributed by atoms with Crippen molar-refractivity contribution in [2.45, 2.75) is 13.0 Å². The van der Waals surface area contributed by atoms with Crippen LogP contribution in [-0.4, -0.2) is 39.0 Å². The Hall–Kier alpha value is -3.37. The Kier molecular flexibility index (Phi) is 6.39. The third-order valence-corrected chi connectivity index (χ3v) is 7.13. The Bertz CT molecular complexity index is 1390. The standard InChI is InChI=1S/C23H22N2O6S2/c1-12-18(22(27)31-5)19(16-7-6-8-32-16)25-21(26)17(33-23(25)24-12)11-13-9-14(28-2)20(30-4)15(10-13)29-3/h6-11,19H,1-5H3/b17-11-/t19-/m1/s1. The lowest BCUT2D eigenvalue weighted by Crippen LogP contribution is -2.39. The molecule has 33 heavy (non-hydrogen) atoms. The zero-order valence-corrected chi connectivity index (χ0v) is 20.3. The van der Waals surface area contributed by atoms with Crippen molar-refractivity contribution in [3.05, 3.63) is 71.0 Å². The molecule has 0 aliphatic carbocycles. The maximum Gasteiger partial charge on any atom is 0.338 e. The minimum absolute atomic E-state index is 0.250. The molecule has 0 bridgehead atoms. The van der Waals surface area contributed by atoms with Crippen LogP contribution in [-0.2, 0) is 9.53 Å². The van der Waals surface area contributed by atoms with Gasteiger partial charge in [0.25, 0.3) is 5.56 Å². The number of thiazole rings is 1. The van der Waals surface area contributed by atoms with Crippen molar-refractivity contribution >= 4 is 34.7 Å². The number of hydrogen-bond acceptors (Lipinski definition) is 9. The number of esters is 1. The van der Waals surface area contributed by atoms with E-state index in [1.54, 1.807) is 29.7 Å². The van der Waals surface area contributed by atoms with E-state index in [2.05, 4.69) is 4.99 Å². The summed E-state index contributed by atoms with van der Waals surface area (Å²) in [4.78, 5) is 32.1. The monoisotopic (exact) mass is 486 g/mol. The Morgan fingerprint density at radius 1 is 1.12 bits per heavy atom. The number of allylic oxidation sites excluding steroid dienone is 1. The Morgan fingerprint density at radius 3 is 2.36 bits per heavy atom. The van der Waals surface area contributed by atoms with Crippen LogP contribution >= 0.6 is 22.7 Å². The second-order valence-electron chi connectivity index (χ2n) is 7.05. The van der Waals surface area contributed by atoms with E-state index in [0.717, 1.165) is 4.88 Å². The predicted octanol–water partition coefficient (Wildman–Crippen LogP) is 2.50. The van der Waals surface area contributed by atoms with Gasteiger partial charge in [0.05, 0.1) is 44.2 Å². The molecule has 172 valence electrons. The van der Waals surface area contributed by atoms with Gasteiger partial charge in [-0.05, 0) is 42.1 Å². The van der Waals surface area contributed by atoms with Gasteiger partial charge < -0.3 is 18.9 Å². The van der Waals surface area contributed by atoms with E-state index in [1.807, 2.05) is 17.5 Å². The molecule has 8 nitrogen and oxygen atoms in total. The van der Waals surface area contributed by atoms with Gasteiger partial charge in [0.1, 0.15) is 6.04 Å². The van der Waals surface area contributed by atoms with Crippen LogP contribution in [0.3, 0.4) is 0 Å². The molecule has 10 heteroatoms. The fraction of sp³-hybridized carbons (Fsp3) is 0.261. The summed E-state index contributed by atoms with van der Waals surface area (Å²) < 4.78 is 23.2. The highest BCUT2D eigenvalue weighted by Gasteiger charge is 2.33. The smallest absolute Gasteiger partial charge is 0.338 e. The first-order valence-electron chi connectivity index (χ1n) is 9.87. The Labute approximate surface area is 197 Å². The lowest BCUT2D eigenvalue weighted by Gasteiger charge is -2.22. The lowest BCUT2D eigenvalue weighted by molar-refractivity contribution is -0.136. The van der Waals surface area contributed by atoms with Gasteiger partial charge in [0.15, 0.2) is 16.3 Å². The molecule has 3 heterocycles. The summed E-state index contributed by atoms with van der Waals surface area (Å²) in [5.41, 5.74) is 1.33. The quantitative estimate of drug-likeness (QED) is 0.498. The summed E-state index contributed by atoms with van der Waals surface area (Å²) >= 11 is 2.72. The van der Waals surface area contributed by atoms with Gasteiger partial charge in [-0.1, -0.05) is 17.4 Å². The maximum absolute atomic E-state index is 13.5. The number of rotatable bonds is 6. The molecule has 1 aliphatic heterocycles. The van der Waals surface area contributed by atoms with Crippen molar-refractivity contribution in [2.24, 2.45) is 4.99 Å². The summed E-state index contributed by atoms with van der Waals surface area (Å²) in [7, 11) is 5.92. The average Bonchev–Trinajstić information content (AvgIpc) is 3.45. The molecule has 0 unspecified atom stereocenters. The van der Waals surface area contributed by atoms with Crippen LogP contribution in [0.4, 0.5) is 0 Å². The number of fused-ring (bicyclic) bond motifs is 1. The average molecular weight is 487 g/mol. The fourth-order valence-electron chi connectivity index (χ4n) is 3.74. The molecule has 1 aromatic carbocycles. The normalized spacial score (nSPS) is 15.7. The zero-order chi connectivity index (χ0) is 23.7. The summed E-state index contributed by atoms with van der Waals surface area (Å²) in [5, 5.41) is 1.91. The van der Waals surface area contributed by atoms with Gasteiger partial charge >= 0.3 is 5.97 Å². The minimum atomic E-state index is -0.601. The highest BCUT2D eigenvalue weighted by molar-refractivity contribution is 7.10. The predicted molar refractivity (Wildman–Crippen MR) is 126 cm³/mol. The van der Waals surface area contributed by atoms with Crippen LogP contribution in [0.5, 0.6) is 17.2 Å².